The van der Waals surface area contributed by atoms with Gasteiger partial charge < -0.3 is 10.5 Å². The first-order valence-electron chi connectivity index (χ1n) is 11.2. The zero-order valence-corrected chi connectivity index (χ0v) is 18.2. The third-order valence-corrected chi connectivity index (χ3v) is 6.79. The summed E-state index contributed by atoms with van der Waals surface area (Å²) >= 11 is 0. The van der Waals surface area contributed by atoms with Crippen LogP contribution in [0.2, 0.25) is 0 Å². The van der Waals surface area contributed by atoms with E-state index < -0.39 is 17.6 Å². The van der Waals surface area contributed by atoms with Crippen molar-refractivity contribution in [3.05, 3.63) is 58.9 Å². The second-order valence-electron chi connectivity index (χ2n) is 9.06. The van der Waals surface area contributed by atoms with E-state index in [-0.39, 0.29) is 23.0 Å². The molecule has 168 valence electrons. The van der Waals surface area contributed by atoms with Crippen molar-refractivity contribution in [3.8, 4) is 11.1 Å². The maximum atomic E-state index is 13.9. The normalized spacial score (nSPS) is 22.2. The van der Waals surface area contributed by atoms with E-state index >= 15 is 0 Å². The van der Waals surface area contributed by atoms with Crippen molar-refractivity contribution in [2.75, 3.05) is 13.2 Å². The van der Waals surface area contributed by atoms with E-state index in [0.29, 0.717) is 35.4 Å². The van der Waals surface area contributed by atoms with E-state index in [0.717, 1.165) is 38.0 Å². The fraction of sp³-hybridized carbons (Fsp3) is 0.423. The number of halogens is 1. The third-order valence-electron chi connectivity index (χ3n) is 6.79. The van der Waals surface area contributed by atoms with Gasteiger partial charge in [0.25, 0.3) is 5.91 Å². The maximum absolute atomic E-state index is 13.9. The molecule has 0 atom stereocenters. The highest BCUT2D eigenvalue weighted by atomic mass is 19.1. The molecule has 0 spiro atoms. The van der Waals surface area contributed by atoms with Crippen LogP contribution in [0.3, 0.4) is 0 Å². The zero-order valence-electron chi connectivity index (χ0n) is 18.2. The van der Waals surface area contributed by atoms with Crippen molar-refractivity contribution < 1.29 is 23.5 Å². The van der Waals surface area contributed by atoms with E-state index in [9.17, 15) is 18.8 Å². The van der Waals surface area contributed by atoms with Crippen LogP contribution in [0, 0.1) is 24.6 Å². The molecule has 1 heterocycles. The molecule has 2 aromatic rings. The molecule has 1 aliphatic heterocycles. The average Bonchev–Trinajstić information content (AvgIpc) is 2.75. The van der Waals surface area contributed by atoms with Crippen molar-refractivity contribution in [2.24, 2.45) is 17.6 Å². The van der Waals surface area contributed by atoms with Crippen LogP contribution in [0.5, 0.6) is 0 Å². The molecular formula is C26H28FNO4. The Morgan fingerprint density at radius 3 is 2.28 bits per heavy atom. The molecule has 1 saturated carbocycles. The van der Waals surface area contributed by atoms with Crippen LogP contribution < -0.4 is 5.73 Å². The standard InChI is InChI=1S/C26H28FNO4/c1-15-2-3-18(19-4-5-22(27)21(14-19)26(28)31)13-20(15)25-23(29)11-17(12-24(25)30)10-16-6-8-32-9-7-16/h2-5,13-14,16-17,25H,6-12H2,1H3,(H2,28,31). The molecule has 0 aromatic heterocycles. The van der Waals surface area contributed by atoms with E-state index in [1.807, 2.05) is 25.1 Å². The quantitative estimate of drug-likeness (QED) is 0.705. The summed E-state index contributed by atoms with van der Waals surface area (Å²) in [5.74, 6) is -1.73. The molecule has 0 unspecified atom stereocenters. The van der Waals surface area contributed by atoms with Crippen LogP contribution in [-0.2, 0) is 14.3 Å². The minimum Gasteiger partial charge on any atom is -0.381 e. The van der Waals surface area contributed by atoms with Gasteiger partial charge in [-0.1, -0.05) is 18.2 Å². The minimum atomic E-state index is -0.843. The predicted molar refractivity (Wildman–Crippen MR) is 119 cm³/mol. The molecule has 2 N–H and O–H groups in total. The zero-order chi connectivity index (χ0) is 22.8. The lowest BCUT2D eigenvalue weighted by Crippen LogP contribution is -2.33. The Hall–Kier alpha value is -2.86. The summed E-state index contributed by atoms with van der Waals surface area (Å²) in [6, 6.07) is 9.67. The molecular weight excluding hydrogens is 409 g/mol. The molecule has 4 rings (SSSR count). The SMILES string of the molecule is Cc1ccc(-c2ccc(F)c(C(N)=O)c2)cc1C1C(=O)CC(CC2CCOCC2)CC1=O. The molecule has 2 aliphatic rings. The Morgan fingerprint density at radius 1 is 1.00 bits per heavy atom. The van der Waals surface area contributed by atoms with Crippen LogP contribution in [0.1, 0.15) is 59.5 Å². The predicted octanol–water partition coefficient (Wildman–Crippen LogP) is 4.35. The summed E-state index contributed by atoms with van der Waals surface area (Å²) in [5, 5.41) is 0. The van der Waals surface area contributed by atoms with Crippen molar-refractivity contribution in [2.45, 2.75) is 44.9 Å². The summed E-state index contributed by atoms with van der Waals surface area (Å²) in [5.41, 5.74) is 7.95. The number of nitrogens with two attached hydrogens (primary N) is 1. The molecule has 0 radical (unpaired) electrons. The highest BCUT2D eigenvalue weighted by Gasteiger charge is 2.38. The lowest BCUT2D eigenvalue weighted by Gasteiger charge is -2.31. The number of primary amides is 1. The number of amides is 1. The van der Waals surface area contributed by atoms with Crippen LogP contribution in [0.4, 0.5) is 4.39 Å². The third kappa shape index (κ3) is 4.65. The van der Waals surface area contributed by atoms with Gasteiger partial charge in [-0.3, -0.25) is 14.4 Å². The maximum Gasteiger partial charge on any atom is 0.251 e. The lowest BCUT2D eigenvalue weighted by atomic mass is 9.72. The number of hydrogen-bond acceptors (Lipinski definition) is 4. The van der Waals surface area contributed by atoms with Gasteiger partial charge in [-0.2, -0.15) is 0 Å². The monoisotopic (exact) mass is 437 g/mol. The number of benzene rings is 2. The van der Waals surface area contributed by atoms with Crippen LogP contribution >= 0.6 is 0 Å². The first kappa shape index (κ1) is 22.3. The Bertz CT molecular complexity index is 1040. The van der Waals surface area contributed by atoms with Crippen molar-refractivity contribution in [1.29, 1.82) is 0 Å². The summed E-state index contributed by atoms with van der Waals surface area (Å²) in [6.07, 6.45) is 3.72. The van der Waals surface area contributed by atoms with E-state index in [2.05, 4.69) is 0 Å². The smallest absolute Gasteiger partial charge is 0.251 e. The number of hydrogen-bond donors (Lipinski definition) is 1. The van der Waals surface area contributed by atoms with E-state index in [1.165, 1.54) is 12.1 Å². The lowest BCUT2D eigenvalue weighted by molar-refractivity contribution is -0.134. The molecule has 1 aliphatic carbocycles. The van der Waals surface area contributed by atoms with Gasteiger partial charge in [-0.15, -0.1) is 0 Å². The largest absolute Gasteiger partial charge is 0.381 e. The number of carbonyl (C=O) groups excluding carboxylic acids is 3. The van der Waals surface area contributed by atoms with Gasteiger partial charge >= 0.3 is 0 Å². The summed E-state index contributed by atoms with van der Waals surface area (Å²) in [6.45, 7) is 3.40. The topological polar surface area (TPSA) is 86.5 Å². The molecule has 1 saturated heterocycles. The van der Waals surface area contributed by atoms with Gasteiger partial charge in [0, 0.05) is 26.1 Å². The van der Waals surface area contributed by atoms with Gasteiger partial charge in [-0.05, 0) is 78.5 Å². The molecule has 1 amide bonds. The Labute approximate surface area is 187 Å². The van der Waals surface area contributed by atoms with Gasteiger partial charge in [0.1, 0.15) is 23.3 Å². The van der Waals surface area contributed by atoms with Crippen LogP contribution in [-0.4, -0.2) is 30.7 Å². The Morgan fingerprint density at radius 2 is 1.62 bits per heavy atom. The van der Waals surface area contributed by atoms with Crippen molar-refractivity contribution in [3.63, 3.8) is 0 Å². The highest BCUT2D eigenvalue weighted by molar-refractivity contribution is 6.10. The number of Topliss-reactive ketones (excluding diaryl/α,β-unsaturated/α-hetero) is 2. The Kier molecular flexibility index (Phi) is 6.51. The van der Waals surface area contributed by atoms with Gasteiger partial charge in [0.2, 0.25) is 0 Å². The highest BCUT2D eigenvalue weighted by Crippen LogP contribution is 2.38. The second kappa shape index (κ2) is 9.33. The second-order valence-corrected chi connectivity index (χ2v) is 9.06. The van der Waals surface area contributed by atoms with Gasteiger partial charge in [0.05, 0.1) is 5.56 Å². The first-order valence-corrected chi connectivity index (χ1v) is 11.2. The summed E-state index contributed by atoms with van der Waals surface area (Å²) < 4.78 is 19.3. The first-order chi connectivity index (χ1) is 15.3. The fourth-order valence-electron chi connectivity index (χ4n) is 5.05. The molecule has 0 bridgehead atoms. The number of aryl methyl sites for hydroxylation is 1. The van der Waals surface area contributed by atoms with Crippen LogP contribution in [0.25, 0.3) is 11.1 Å². The number of rotatable bonds is 5. The van der Waals surface area contributed by atoms with Crippen molar-refractivity contribution >= 4 is 17.5 Å². The van der Waals surface area contributed by atoms with Gasteiger partial charge in [-0.25, -0.2) is 4.39 Å². The molecule has 2 aromatic carbocycles. The number of carbonyl (C=O) groups is 3. The van der Waals surface area contributed by atoms with Gasteiger partial charge in [0.15, 0.2) is 0 Å². The number of ketones is 2. The molecule has 32 heavy (non-hydrogen) atoms. The molecule has 5 nitrogen and oxygen atoms in total. The molecule has 6 heteroatoms. The van der Waals surface area contributed by atoms with Crippen molar-refractivity contribution in [1.82, 2.24) is 0 Å². The fourth-order valence-corrected chi connectivity index (χ4v) is 5.05. The van der Waals surface area contributed by atoms with Crippen LogP contribution in [0.15, 0.2) is 36.4 Å². The summed E-state index contributed by atoms with van der Waals surface area (Å²) in [4.78, 5) is 37.7. The van der Waals surface area contributed by atoms with E-state index in [1.54, 1.807) is 6.07 Å². The minimum absolute atomic E-state index is 0.0320. The Balaban J connectivity index is 1.57. The van der Waals surface area contributed by atoms with E-state index in [4.69, 9.17) is 10.5 Å². The number of ether oxygens (including phenoxy) is 1. The average molecular weight is 438 g/mol. The summed E-state index contributed by atoms with van der Waals surface area (Å²) in [7, 11) is 0. The molecule has 2 fully saturated rings.